The molecule has 0 heterocycles. The summed E-state index contributed by atoms with van der Waals surface area (Å²) in [7, 11) is -4.07. The second-order valence-electron chi connectivity index (χ2n) is 4.79. The molecule has 0 saturated heterocycles. The molecule has 0 radical (unpaired) electrons. The number of hydrogen-bond donors (Lipinski definition) is 1. The third kappa shape index (κ3) is 3.47. The van der Waals surface area contributed by atoms with Crippen molar-refractivity contribution < 1.29 is 17.6 Å². The minimum Gasteiger partial charge on any atom is -0.274 e. The van der Waals surface area contributed by atoms with Crippen molar-refractivity contribution in [2.75, 3.05) is 10.8 Å². The van der Waals surface area contributed by atoms with Gasteiger partial charge in [-0.3, -0.25) is 9.10 Å². The number of rotatable bonds is 6. The third-order valence-electron chi connectivity index (χ3n) is 3.11. The van der Waals surface area contributed by atoms with Crippen LogP contribution in [-0.2, 0) is 15.0 Å². The van der Waals surface area contributed by atoms with Crippen LogP contribution in [0.2, 0.25) is 0 Å². The Morgan fingerprint density at radius 1 is 1.40 bits per heavy atom. The van der Waals surface area contributed by atoms with Crippen molar-refractivity contribution in [3.8, 4) is 0 Å². The number of para-hydroxylation sites is 1. The second-order valence-corrected chi connectivity index (χ2v) is 6.39. The summed E-state index contributed by atoms with van der Waals surface area (Å²) in [4.78, 5) is 11.6. The fraction of sp³-hybridized carbons (Fsp3) is 0.462. The second kappa shape index (κ2) is 5.78. The van der Waals surface area contributed by atoms with Gasteiger partial charge in [0.05, 0.1) is 5.69 Å². The lowest BCUT2D eigenvalue weighted by Gasteiger charge is -2.23. The average molecular weight is 300 g/mol. The maximum atomic E-state index is 13.7. The molecule has 110 valence electrons. The van der Waals surface area contributed by atoms with Gasteiger partial charge in [-0.05, 0) is 37.8 Å². The van der Waals surface area contributed by atoms with Crippen LogP contribution < -0.4 is 9.03 Å². The first-order valence-electron chi connectivity index (χ1n) is 6.52. The molecule has 1 N–H and O–H groups in total. The highest BCUT2D eigenvalue weighted by Crippen LogP contribution is 2.32. The Labute approximate surface area is 118 Å². The van der Waals surface area contributed by atoms with Gasteiger partial charge in [0.25, 0.3) is 0 Å². The van der Waals surface area contributed by atoms with Gasteiger partial charge >= 0.3 is 10.2 Å². The van der Waals surface area contributed by atoms with E-state index in [1.165, 1.54) is 18.2 Å². The lowest BCUT2D eigenvalue weighted by molar-refractivity contribution is -0.119. The minimum absolute atomic E-state index is 0.0347. The van der Waals surface area contributed by atoms with E-state index in [1.807, 2.05) is 4.72 Å². The van der Waals surface area contributed by atoms with Crippen molar-refractivity contribution in [2.45, 2.75) is 26.2 Å². The summed E-state index contributed by atoms with van der Waals surface area (Å²) in [5, 5.41) is 0. The number of hydrogen-bond acceptors (Lipinski definition) is 3. The van der Waals surface area contributed by atoms with Gasteiger partial charge in [0.1, 0.15) is 5.82 Å². The molecule has 0 atom stereocenters. The topological polar surface area (TPSA) is 66.5 Å². The number of carbonyl (C=O) groups is 1. The maximum Gasteiger partial charge on any atom is 0.326 e. The number of nitrogens with one attached hydrogen (secondary N) is 1. The molecule has 1 saturated carbocycles. The lowest BCUT2D eigenvalue weighted by Crippen LogP contribution is -2.44. The number of carbonyl (C=O) groups excluding carboxylic acids is 1. The Balaban J connectivity index is 2.16. The third-order valence-corrected chi connectivity index (χ3v) is 4.63. The Kier molecular flexibility index (Phi) is 4.27. The Morgan fingerprint density at radius 3 is 2.60 bits per heavy atom. The molecule has 1 aromatic carbocycles. The molecule has 0 aliphatic heterocycles. The zero-order valence-corrected chi connectivity index (χ0v) is 12.0. The molecule has 0 aromatic heterocycles. The molecule has 0 spiro atoms. The van der Waals surface area contributed by atoms with E-state index in [9.17, 15) is 17.6 Å². The Bertz CT molecular complexity index is 599. The van der Waals surface area contributed by atoms with Gasteiger partial charge in [0.2, 0.25) is 5.91 Å². The highest BCUT2D eigenvalue weighted by molar-refractivity contribution is 7.91. The van der Waals surface area contributed by atoms with E-state index in [2.05, 4.69) is 0 Å². The van der Waals surface area contributed by atoms with Crippen LogP contribution in [0.3, 0.4) is 0 Å². The molecule has 2 rings (SSSR count). The molecule has 1 aliphatic rings. The normalized spacial score (nSPS) is 14.9. The molecule has 5 nitrogen and oxygen atoms in total. The van der Waals surface area contributed by atoms with Gasteiger partial charge < -0.3 is 0 Å². The van der Waals surface area contributed by atoms with E-state index in [0.717, 1.165) is 17.1 Å². The molecule has 0 unspecified atom stereocenters. The molecular weight excluding hydrogens is 283 g/mol. The smallest absolute Gasteiger partial charge is 0.274 e. The summed E-state index contributed by atoms with van der Waals surface area (Å²) < 4.78 is 40.9. The van der Waals surface area contributed by atoms with E-state index < -0.39 is 21.9 Å². The van der Waals surface area contributed by atoms with Crippen LogP contribution in [0.1, 0.15) is 26.2 Å². The Hall–Kier alpha value is -1.63. The molecular formula is C13H17FN2O3S. The first-order valence-corrected chi connectivity index (χ1v) is 7.96. The van der Waals surface area contributed by atoms with Crippen molar-refractivity contribution in [2.24, 2.45) is 5.92 Å². The number of amides is 1. The standard InChI is InChI=1S/C13H17FN2O3S/c1-2-16(12-6-4-3-5-11(12)14)20(18,19)15-13(17)9-10-7-8-10/h3-6,10H,2,7-9H2,1H3,(H,15,17). The van der Waals surface area contributed by atoms with Crippen LogP contribution in [0.4, 0.5) is 10.1 Å². The van der Waals surface area contributed by atoms with Crippen molar-refractivity contribution in [1.82, 2.24) is 4.72 Å². The fourth-order valence-electron chi connectivity index (χ4n) is 1.95. The monoisotopic (exact) mass is 300 g/mol. The molecule has 0 bridgehead atoms. The van der Waals surface area contributed by atoms with E-state index in [-0.39, 0.29) is 24.6 Å². The van der Waals surface area contributed by atoms with E-state index in [4.69, 9.17) is 0 Å². The number of benzene rings is 1. The van der Waals surface area contributed by atoms with Gasteiger partial charge in [-0.1, -0.05) is 12.1 Å². The minimum atomic E-state index is -4.07. The van der Waals surface area contributed by atoms with Gasteiger partial charge in [-0.25, -0.2) is 9.11 Å². The maximum absolute atomic E-state index is 13.7. The van der Waals surface area contributed by atoms with Crippen molar-refractivity contribution in [3.05, 3.63) is 30.1 Å². The summed E-state index contributed by atoms with van der Waals surface area (Å²) >= 11 is 0. The summed E-state index contributed by atoms with van der Waals surface area (Å²) in [6.07, 6.45) is 2.12. The number of halogens is 1. The summed E-state index contributed by atoms with van der Waals surface area (Å²) in [6, 6.07) is 5.57. The first-order chi connectivity index (χ1) is 9.44. The molecule has 7 heteroatoms. The van der Waals surface area contributed by atoms with Gasteiger partial charge in [-0.15, -0.1) is 0 Å². The predicted octanol–water partition coefficient (Wildman–Crippen LogP) is 1.81. The predicted molar refractivity (Wildman–Crippen MR) is 73.8 cm³/mol. The van der Waals surface area contributed by atoms with Gasteiger partial charge in [-0.2, -0.15) is 8.42 Å². The zero-order valence-electron chi connectivity index (χ0n) is 11.2. The highest BCUT2D eigenvalue weighted by atomic mass is 32.2. The molecule has 1 fully saturated rings. The Morgan fingerprint density at radius 2 is 2.05 bits per heavy atom. The van der Waals surface area contributed by atoms with E-state index in [0.29, 0.717) is 0 Å². The van der Waals surface area contributed by atoms with Crippen LogP contribution in [-0.4, -0.2) is 20.9 Å². The average Bonchev–Trinajstić information content (AvgIpc) is 3.15. The van der Waals surface area contributed by atoms with Crippen molar-refractivity contribution in [1.29, 1.82) is 0 Å². The fourth-order valence-corrected chi connectivity index (χ4v) is 3.18. The highest BCUT2D eigenvalue weighted by Gasteiger charge is 2.29. The summed E-state index contributed by atoms with van der Waals surface area (Å²) in [5.41, 5.74) is -0.0679. The van der Waals surface area contributed by atoms with Crippen LogP contribution in [0.5, 0.6) is 0 Å². The number of nitrogens with zero attached hydrogens (tertiary/aromatic N) is 1. The summed E-state index contributed by atoms with van der Waals surface area (Å²) in [6.45, 7) is 1.62. The molecule has 1 aromatic rings. The van der Waals surface area contributed by atoms with Crippen molar-refractivity contribution in [3.63, 3.8) is 0 Å². The van der Waals surface area contributed by atoms with Crippen LogP contribution in [0.25, 0.3) is 0 Å². The van der Waals surface area contributed by atoms with Gasteiger partial charge in [0, 0.05) is 13.0 Å². The molecule has 20 heavy (non-hydrogen) atoms. The quantitative estimate of drug-likeness (QED) is 0.871. The largest absolute Gasteiger partial charge is 0.326 e. The lowest BCUT2D eigenvalue weighted by atomic mass is 10.3. The van der Waals surface area contributed by atoms with Crippen molar-refractivity contribution >= 4 is 21.8 Å². The van der Waals surface area contributed by atoms with Crippen LogP contribution in [0.15, 0.2) is 24.3 Å². The SMILES string of the molecule is CCN(c1ccccc1F)S(=O)(=O)NC(=O)CC1CC1. The summed E-state index contributed by atoms with van der Waals surface area (Å²) in [5.74, 6) is -0.898. The van der Waals surface area contributed by atoms with Gasteiger partial charge in [0.15, 0.2) is 0 Å². The van der Waals surface area contributed by atoms with E-state index in [1.54, 1.807) is 13.0 Å². The first kappa shape index (κ1) is 14.8. The van der Waals surface area contributed by atoms with E-state index >= 15 is 0 Å². The van der Waals surface area contributed by atoms with Crippen LogP contribution >= 0.6 is 0 Å². The van der Waals surface area contributed by atoms with Crippen LogP contribution in [0, 0.1) is 11.7 Å². The molecule has 1 aliphatic carbocycles. The zero-order chi connectivity index (χ0) is 14.8. The number of anilines is 1. The molecule has 1 amide bonds.